The van der Waals surface area contributed by atoms with E-state index in [1.165, 1.54) is 23.9 Å². The fourth-order valence-electron chi connectivity index (χ4n) is 4.27. The molecule has 2 N–H and O–H groups in total. The summed E-state index contributed by atoms with van der Waals surface area (Å²) >= 11 is 12.8. The highest BCUT2D eigenvalue weighted by molar-refractivity contribution is 6.35. The van der Waals surface area contributed by atoms with Crippen LogP contribution in [0, 0.1) is 10.1 Å². The fourth-order valence-corrected chi connectivity index (χ4v) is 4.79. The van der Waals surface area contributed by atoms with Crippen LogP contribution in [0.5, 0.6) is 5.75 Å². The van der Waals surface area contributed by atoms with E-state index in [9.17, 15) is 14.9 Å². The number of para-hydroxylation sites is 2. The number of nitrogens with one attached hydrogen (secondary N) is 2. The van der Waals surface area contributed by atoms with Gasteiger partial charge in [-0.3, -0.25) is 14.9 Å². The van der Waals surface area contributed by atoms with E-state index in [2.05, 4.69) is 20.7 Å². The van der Waals surface area contributed by atoms with Gasteiger partial charge in [0.05, 0.1) is 23.3 Å². The third-order valence-electron chi connectivity index (χ3n) is 6.02. The molecule has 1 aliphatic rings. The van der Waals surface area contributed by atoms with Crippen LogP contribution >= 0.6 is 23.2 Å². The maximum Gasteiger partial charge on any atom is 0.270 e. The number of carbonyl (C=O) groups excluding carboxylic acids is 1. The van der Waals surface area contributed by atoms with Crippen molar-refractivity contribution in [1.82, 2.24) is 14.8 Å². The van der Waals surface area contributed by atoms with Crippen LogP contribution in [0.1, 0.15) is 18.5 Å². The van der Waals surface area contributed by atoms with Gasteiger partial charge in [0.1, 0.15) is 11.8 Å². The van der Waals surface area contributed by atoms with E-state index < -0.39 is 16.9 Å². The second kappa shape index (κ2) is 10.2. The Morgan fingerprint density at radius 3 is 2.66 bits per heavy atom. The lowest BCUT2D eigenvalue weighted by molar-refractivity contribution is -0.384. The van der Waals surface area contributed by atoms with Crippen LogP contribution in [0.15, 0.2) is 78.0 Å². The Kier molecular flexibility index (Phi) is 6.75. The minimum Gasteiger partial charge on any atom is -0.495 e. The van der Waals surface area contributed by atoms with Crippen LogP contribution in [0.4, 0.5) is 17.3 Å². The van der Waals surface area contributed by atoms with Crippen LogP contribution in [0.2, 0.25) is 10.0 Å². The quantitative estimate of drug-likeness (QED) is 0.219. The molecule has 5 rings (SSSR count). The summed E-state index contributed by atoms with van der Waals surface area (Å²) in [5.74, 6) is 0.672. The van der Waals surface area contributed by atoms with E-state index in [-0.39, 0.29) is 11.5 Å². The molecule has 192 valence electrons. The predicted molar refractivity (Wildman–Crippen MR) is 145 cm³/mol. The number of methoxy groups -OCH3 is 1. The largest absolute Gasteiger partial charge is 0.495 e. The standard InChI is InChI=1S/C26H20Cl2N6O4/c1-14-22(25(35)30-20-8-3-4-9-21(20)38-2)23(18-11-10-16(27)13-19(18)28)33-26(29-14)31-24(32-33)15-6-5-7-17(12-15)34(36)37/h3-13,23H,1-2H3,(H,30,35)(H,29,31,32). The summed E-state index contributed by atoms with van der Waals surface area (Å²) in [7, 11) is 1.52. The van der Waals surface area contributed by atoms with Gasteiger partial charge in [-0.05, 0) is 31.2 Å². The smallest absolute Gasteiger partial charge is 0.270 e. The number of benzene rings is 3. The highest BCUT2D eigenvalue weighted by atomic mass is 35.5. The van der Waals surface area contributed by atoms with Gasteiger partial charge in [-0.1, -0.05) is 53.5 Å². The number of anilines is 2. The average Bonchev–Trinajstić information content (AvgIpc) is 3.32. The van der Waals surface area contributed by atoms with Gasteiger partial charge in [-0.25, -0.2) is 4.68 Å². The van der Waals surface area contributed by atoms with Gasteiger partial charge in [0.25, 0.3) is 11.6 Å². The molecule has 1 unspecified atom stereocenters. The third-order valence-corrected chi connectivity index (χ3v) is 6.59. The van der Waals surface area contributed by atoms with E-state index in [1.54, 1.807) is 61.5 Å². The number of rotatable bonds is 6. The summed E-state index contributed by atoms with van der Waals surface area (Å²) in [6, 6.07) is 17.3. The van der Waals surface area contributed by atoms with Crippen molar-refractivity contribution in [3.8, 4) is 17.1 Å². The van der Waals surface area contributed by atoms with Crippen LogP contribution in [-0.4, -0.2) is 32.7 Å². The van der Waals surface area contributed by atoms with Crippen molar-refractivity contribution < 1.29 is 14.5 Å². The summed E-state index contributed by atoms with van der Waals surface area (Å²) in [4.78, 5) is 29.1. The first-order valence-corrected chi connectivity index (χ1v) is 12.1. The van der Waals surface area contributed by atoms with Crippen molar-refractivity contribution in [2.45, 2.75) is 13.0 Å². The van der Waals surface area contributed by atoms with Gasteiger partial charge in [0, 0.05) is 39.0 Å². The van der Waals surface area contributed by atoms with Crippen molar-refractivity contribution in [1.29, 1.82) is 0 Å². The van der Waals surface area contributed by atoms with E-state index in [0.29, 0.717) is 49.8 Å². The normalized spacial score (nSPS) is 14.5. The summed E-state index contributed by atoms with van der Waals surface area (Å²) < 4.78 is 6.92. The number of nitrogens with zero attached hydrogens (tertiary/aromatic N) is 4. The number of allylic oxidation sites excluding steroid dienone is 1. The lowest BCUT2D eigenvalue weighted by Gasteiger charge is -2.29. The zero-order chi connectivity index (χ0) is 27.0. The van der Waals surface area contributed by atoms with Crippen LogP contribution in [0.25, 0.3) is 11.4 Å². The monoisotopic (exact) mass is 550 g/mol. The van der Waals surface area contributed by atoms with Crippen molar-refractivity contribution in [2.75, 3.05) is 17.7 Å². The van der Waals surface area contributed by atoms with Gasteiger partial charge in [0.2, 0.25) is 5.95 Å². The molecule has 1 amide bonds. The predicted octanol–water partition coefficient (Wildman–Crippen LogP) is 6.10. The number of ether oxygens (including phenoxy) is 1. The molecule has 0 saturated heterocycles. The van der Waals surface area contributed by atoms with E-state index in [0.717, 1.165) is 0 Å². The highest BCUT2D eigenvalue weighted by Crippen LogP contribution is 2.40. The number of aromatic nitrogens is 3. The molecule has 0 spiro atoms. The zero-order valence-corrected chi connectivity index (χ0v) is 21.6. The summed E-state index contributed by atoms with van der Waals surface area (Å²) in [6.07, 6.45) is 0. The van der Waals surface area contributed by atoms with Crippen LogP contribution in [0.3, 0.4) is 0 Å². The molecule has 38 heavy (non-hydrogen) atoms. The van der Waals surface area contributed by atoms with Crippen molar-refractivity contribution in [3.05, 3.63) is 104 Å². The molecule has 1 aromatic heterocycles. The molecule has 0 bridgehead atoms. The Labute approximate surface area is 227 Å². The molecule has 0 radical (unpaired) electrons. The number of nitro benzene ring substituents is 1. The Balaban J connectivity index is 1.63. The van der Waals surface area contributed by atoms with Gasteiger partial charge in [-0.2, -0.15) is 4.98 Å². The summed E-state index contributed by atoms with van der Waals surface area (Å²) in [6.45, 7) is 1.75. The molecule has 3 aromatic carbocycles. The van der Waals surface area contributed by atoms with E-state index in [4.69, 9.17) is 27.9 Å². The molecule has 0 aliphatic carbocycles. The number of hydrogen-bond donors (Lipinski definition) is 2. The van der Waals surface area contributed by atoms with Crippen molar-refractivity contribution >= 4 is 46.4 Å². The molecule has 1 aliphatic heterocycles. The minimum atomic E-state index is -0.786. The molecular formula is C26H20Cl2N6O4. The molecule has 0 saturated carbocycles. The highest BCUT2D eigenvalue weighted by Gasteiger charge is 2.36. The summed E-state index contributed by atoms with van der Waals surface area (Å²) in [5, 5.41) is 22.8. The number of amides is 1. The number of hydrogen-bond acceptors (Lipinski definition) is 7. The second-order valence-electron chi connectivity index (χ2n) is 8.40. The molecule has 10 nitrogen and oxygen atoms in total. The first-order valence-electron chi connectivity index (χ1n) is 11.3. The number of carbonyl (C=O) groups is 1. The lowest BCUT2D eigenvalue weighted by Crippen LogP contribution is -2.31. The first kappa shape index (κ1) is 25.2. The lowest BCUT2D eigenvalue weighted by atomic mass is 9.95. The SMILES string of the molecule is COc1ccccc1NC(=O)C1=C(C)Nc2nc(-c3cccc([N+](=O)[O-])c3)nn2C1c1ccc(Cl)cc1Cl. The Hall–Kier alpha value is -4.41. The molecular weight excluding hydrogens is 531 g/mol. The molecule has 4 aromatic rings. The molecule has 1 atom stereocenters. The van der Waals surface area contributed by atoms with E-state index in [1.807, 2.05) is 0 Å². The molecule has 0 fully saturated rings. The van der Waals surface area contributed by atoms with Gasteiger partial charge >= 0.3 is 0 Å². The van der Waals surface area contributed by atoms with Gasteiger partial charge < -0.3 is 15.4 Å². The molecule has 2 heterocycles. The Morgan fingerprint density at radius 1 is 1.13 bits per heavy atom. The minimum absolute atomic E-state index is 0.0910. The first-order chi connectivity index (χ1) is 18.3. The van der Waals surface area contributed by atoms with Gasteiger partial charge in [-0.15, -0.1) is 5.10 Å². The van der Waals surface area contributed by atoms with Crippen molar-refractivity contribution in [2.24, 2.45) is 0 Å². The Bertz CT molecular complexity index is 1620. The summed E-state index contributed by atoms with van der Waals surface area (Å²) in [5.41, 5.74) is 2.28. The van der Waals surface area contributed by atoms with Crippen LogP contribution in [-0.2, 0) is 4.79 Å². The molecule has 12 heteroatoms. The number of fused-ring (bicyclic) bond motifs is 1. The van der Waals surface area contributed by atoms with Crippen molar-refractivity contribution in [3.63, 3.8) is 0 Å². The topological polar surface area (TPSA) is 124 Å². The number of non-ortho nitro benzene ring substituents is 1. The fraction of sp³-hybridized carbons (Fsp3) is 0.115. The van der Waals surface area contributed by atoms with Crippen LogP contribution < -0.4 is 15.4 Å². The number of halogens is 2. The number of nitro groups is 1. The van der Waals surface area contributed by atoms with E-state index >= 15 is 0 Å². The average molecular weight is 551 g/mol. The maximum absolute atomic E-state index is 13.7. The zero-order valence-electron chi connectivity index (χ0n) is 20.1. The second-order valence-corrected chi connectivity index (χ2v) is 9.24. The maximum atomic E-state index is 13.7. The van der Waals surface area contributed by atoms with Gasteiger partial charge in [0.15, 0.2) is 5.82 Å². The Morgan fingerprint density at radius 2 is 1.92 bits per heavy atom. The third kappa shape index (κ3) is 4.67.